The lowest BCUT2D eigenvalue weighted by Crippen LogP contribution is -2.48. The third-order valence-corrected chi connectivity index (χ3v) is 3.77. The van der Waals surface area contributed by atoms with Crippen molar-refractivity contribution in [3.63, 3.8) is 0 Å². The molecule has 1 fully saturated rings. The van der Waals surface area contributed by atoms with Gasteiger partial charge in [0.25, 0.3) is 0 Å². The molecule has 4 heteroatoms. The van der Waals surface area contributed by atoms with E-state index in [4.69, 9.17) is 9.47 Å². The Morgan fingerprint density at radius 2 is 1.95 bits per heavy atom. The van der Waals surface area contributed by atoms with Crippen LogP contribution in [0.5, 0.6) is 11.5 Å². The van der Waals surface area contributed by atoms with E-state index < -0.39 is 0 Å². The van der Waals surface area contributed by atoms with Gasteiger partial charge in [0.2, 0.25) is 0 Å². The van der Waals surface area contributed by atoms with Gasteiger partial charge in [0.1, 0.15) is 0 Å². The van der Waals surface area contributed by atoms with Crippen LogP contribution in [-0.2, 0) is 6.42 Å². The van der Waals surface area contributed by atoms with Gasteiger partial charge in [-0.25, -0.2) is 0 Å². The van der Waals surface area contributed by atoms with Crippen molar-refractivity contribution in [3.8, 4) is 11.5 Å². The number of piperazine rings is 1. The molecule has 1 aromatic carbocycles. The van der Waals surface area contributed by atoms with Crippen LogP contribution in [0.15, 0.2) is 18.2 Å². The summed E-state index contributed by atoms with van der Waals surface area (Å²) < 4.78 is 10.9. The standard InChI is InChI=1S/C15H24N2O2/c1-12(17-9-7-16-8-10-17)11-13-5-4-6-14(18-2)15(13)19-3/h4-6,12,16H,7-11H2,1-3H3. The van der Waals surface area contributed by atoms with Crippen LogP contribution < -0.4 is 14.8 Å². The lowest BCUT2D eigenvalue weighted by Gasteiger charge is -2.33. The second-order valence-corrected chi connectivity index (χ2v) is 4.99. The van der Waals surface area contributed by atoms with Gasteiger partial charge in [-0.1, -0.05) is 12.1 Å². The lowest BCUT2D eigenvalue weighted by molar-refractivity contribution is 0.182. The smallest absolute Gasteiger partial charge is 0.163 e. The van der Waals surface area contributed by atoms with Crippen LogP contribution in [0.1, 0.15) is 12.5 Å². The zero-order valence-corrected chi connectivity index (χ0v) is 12.1. The molecule has 1 aromatic rings. The maximum absolute atomic E-state index is 5.50. The average molecular weight is 264 g/mol. The Balaban J connectivity index is 2.09. The van der Waals surface area contributed by atoms with Crippen LogP contribution in [0.4, 0.5) is 0 Å². The van der Waals surface area contributed by atoms with Crippen molar-refractivity contribution in [1.29, 1.82) is 0 Å². The quantitative estimate of drug-likeness (QED) is 0.874. The summed E-state index contributed by atoms with van der Waals surface area (Å²) in [6, 6.07) is 6.61. The number of rotatable bonds is 5. The molecule has 0 spiro atoms. The third-order valence-electron chi connectivity index (χ3n) is 3.77. The number of nitrogens with zero attached hydrogens (tertiary/aromatic N) is 1. The second-order valence-electron chi connectivity index (χ2n) is 4.99. The van der Waals surface area contributed by atoms with E-state index in [-0.39, 0.29) is 0 Å². The minimum atomic E-state index is 0.517. The molecule has 1 aliphatic heterocycles. The summed E-state index contributed by atoms with van der Waals surface area (Å²) in [6.07, 6.45) is 0.986. The number of benzene rings is 1. The molecule has 0 aromatic heterocycles. The first-order valence-electron chi connectivity index (χ1n) is 6.91. The molecule has 1 saturated heterocycles. The number of hydrogen-bond acceptors (Lipinski definition) is 4. The molecule has 0 saturated carbocycles. The van der Waals surface area contributed by atoms with Crippen molar-refractivity contribution >= 4 is 0 Å². The van der Waals surface area contributed by atoms with Crippen molar-refractivity contribution in [2.45, 2.75) is 19.4 Å². The van der Waals surface area contributed by atoms with E-state index >= 15 is 0 Å². The summed E-state index contributed by atoms with van der Waals surface area (Å²) in [5.74, 6) is 1.68. The molecule has 2 rings (SSSR count). The Morgan fingerprint density at radius 3 is 2.58 bits per heavy atom. The minimum absolute atomic E-state index is 0.517. The molecule has 1 aliphatic rings. The molecule has 106 valence electrons. The fraction of sp³-hybridized carbons (Fsp3) is 0.600. The highest BCUT2D eigenvalue weighted by Crippen LogP contribution is 2.31. The summed E-state index contributed by atoms with van der Waals surface area (Å²) in [5, 5.41) is 3.39. The largest absolute Gasteiger partial charge is 0.493 e. The van der Waals surface area contributed by atoms with Gasteiger partial charge < -0.3 is 14.8 Å². The zero-order chi connectivity index (χ0) is 13.7. The Hall–Kier alpha value is -1.26. The molecule has 19 heavy (non-hydrogen) atoms. The number of ether oxygens (including phenoxy) is 2. The van der Waals surface area contributed by atoms with Crippen LogP contribution >= 0.6 is 0 Å². The highest BCUT2D eigenvalue weighted by Gasteiger charge is 2.19. The van der Waals surface area contributed by atoms with Gasteiger partial charge in [0, 0.05) is 32.2 Å². The molecule has 0 radical (unpaired) electrons. The maximum atomic E-state index is 5.50. The Labute approximate surface area is 115 Å². The van der Waals surface area contributed by atoms with Gasteiger partial charge in [-0.15, -0.1) is 0 Å². The van der Waals surface area contributed by atoms with Crippen LogP contribution in [-0.4, -0.2) is 51.3 Å². The molecule has 1 heterocycles. The Morgan fingerprint density at radius 1 is 1.21 bits per heavy atom. The molecule has 1 N–H and O–H groups in total. The van der Waals surface area contributed by atoms with Gasteiger partial charge in [-0.3, -0.25) is 4.90 Å². The number of methoxy groups -OCH3 is 2. The third kappa shape index (κ3) is 3.39. The van der Waals surface area contributed by atoms with Crippen molar-refractivity contribution in [2.75, 3.05) is 40.4 Å². The first-order chi connectivity index (χ1) is 9.26. The lowest BCUT2D eigenvalue weighted by atomic mass is 10.0. The monoisotopic (exact) mass is 264 g/mol. The number of para-hydroxylation sites is 1. The predicted octanol–water partition coefficient (Wildman–Crippen LogP) is 1.54. The van der Waals surface area contributed by atoms with E-state index in [1.807, 2.05) is 12.1 Å². The first-order valence-corrected chi connectivity index (χ1v) is 6.91. The van der Waals surface area contributed by atoms with E-state index in [1.54, 1.807) is 14.2 Å². The molecule has 0 amide bonds. The SMILES string of the molecule is COc1cccc(CC(C)N2CCNCC2)c1OC. The van der Waals surface area contributed by atoms with Crippen LogP contribution in [0.25, 0.3) is 0 Å². The average Bonchev–Trinajstić information content (AvgIpc) is 2.47. The fourth-order valence-corrected chi connectivity index (χ4v) is 2.68. The van der Waals surface area contributed by atoms with Crippen molar-refractivity contribution in [2.24, 2.45) is 0 Å². The molecule has 4 nitrogen and oxygen atoms in total. The van der Waals surface area contributed by atoms with Gasteiger partial charge in [0.15, 0.2) is 11.5 Å². The fourth-order valence-electron chi connectivity index (χ4n) is 2.68. The second kappa shape index (κ2) is 6.78. The van der Waals surface area contributed by atoms with Gasteiger partial charge in [-0.2, -0.15) is 0 Å². The van der Waals surface area contributed by atoms with Crippen molar-refractivity contribution in [1.82, 2.24) is 10.2 Å². The molecule has 1 unspecified atom stereocenters. The van der Waals surface area contributed by atoms with Gasteiger partial charge in [-0.05, 0) is 25.0 Å². The van der Waals surface area contributed by atoms with Crippen LogP contribution in [0.2, 0.25) is 0 Å². The summed E-state index contributed by atoms with van der Waals surface area (Å²) in [4.78, 5) is 2.52. The maximum Gasteiger partial charge on any atom is 0.163 e. The summed E-state index contributed by atoms with van der Waals surface area (Å²) in [5.41, 5.74) is 1.22. The van der Waals surface area contributed by atoms with E-state index in [9.17, 15) is 0 Å². The highest BCUT2D eigenvalue weighted by atomic mass is 16.5. The first kappa shape index (κ1) is 14.2. The van der Waals surface area contributed by atoms with Gasteiger partial charge in [0.05, 0.1) is 14.2 Å². The van der Waals surface area contributed by atoms with Crippen LogP contribution in [0.3, 0.4) is 0 Å². The Kier molecular flexibility index (Phi) is 5.05. The topological polar surface area (TPSA) is 33.7 Å². The predicted molar refractivity (Wildman–Crippen MR) is 77.2 cm³/mol. The summed E-state index contributed by atoms with van der Waals surface area (Å²) in [6.45, 7) is 6.68. The molecular weight excluding hydrogens is 240 g/mol. The molecule has 1 atom stereocenters. The van der Waals surface area contributed by atoms with Crippen LogP contribution in [0, 0.1) is 0 Å². The zero-order valence-electron chi connectivity index (χ0n) is 12.1. The van der Waals surface area contributed by atoms with E-state index in [1.165, 1.54) is 5.56 Å². The van der Waals surface area contributed by atoms with Crippen molar-refractivity contribution in [3.05, 3.63) is 23.8 Å². The van der Waals surface area contributed by atoms with E-state index in [0.29, 0.717) is 6.04 Å². The van der Waals surface area contributed by atoms with E-state index in [0.717, 1.165) is 44.1 Å². The molecular formula is C15H24N2O2. The number of hydrogen-bond donors (Lipinski definition) is 1. The summed E-state index contributed by atoms with van der Waals surface area (Å²) in [7, 11) is 3.39. The minimum Gasteiger partial charge on any atom is -0.493 e. The molecule has 0 aliphatic carbocycles. The Bertz CT molecular complexity index is 403. The van der Waals surface area contributed by atoms with Gasteiger partial charge >= 0.3 is 0 Å². The highest BCUT2D eigenvalue weighted by molar-refractivity contribution is 5.46. The summed E-state index contributed by atoms with van der Waals surface area (Å²) >= 11 is 0. The molecule has 0 bridgehead atoms. The van der Waals surface area contributed by atoms with Crippen molar-refractivity contribution < 1.29 is 9.47 Å². The normalized spacial score (nSPS) is 18.1. The van der Waals surface area contributed by atoms with E-state index in [2.05, 4.69) is 23.2 Å². The number of nitrogens with one attached hydrogen (secondary N) is 1.